The van der Waals surface area contributed by atoms with Crippen LogP contribution in [0.15, 0.2) is 36.1 Å². The molecule has 1 aromatic carbocycles. The number of carbonyl (C=O) groups is 1. The van der Waals surface area contributed by atoms with E-state index in [0.29, 0.717) is 11.7 Å². The van der Waals surface area contributed by atoms with Crippen LogP contribution in [0.1, 0.15) is 57.3 Å². The molecule has 0 spiro atoms. The van der Waals surface area contributed by atoms with Crippen LogP contribution in [0.3, 0.4) is 0 Å². The summed E-state index contributed by atoms with van der Waals surface area (Å²) in [6.45, 7) is 8.24. The van der Waals surface area contributed by atoms with Gasteiger partial charge in [-0.1, -0.05) is 38.1 Å². The van der Waals surface area contributed by atoms with Crippen molar-refractivity contribution in [3.05, 3.63) is 47.2 Å². The summed E-state index contributed by atoms with van der Waals surface area (Å²) in [5.41, 5.74) is 2.44. The zero-order valence-corrected chi connectivity index (χ0v) is 12.6. The number of amides is 1. The number of carbonyl (C=O) groups excluding carboxylic acids is 1. The Morgan fingerprint density at radius 3 is 2.40 bits per heavy atom. The van der Waals surface area contributed by atoms with E-state index in [2.05, 4.69) is 43.4 Å². The summed E-state index contributed by atoms with van der Waals surface area (Å²) < 4.78 is 5.76. The lowest BCUT2D eigenvalue weighted by Crippen LogP contribution is -2.31. The van der Waals surface area contributed by atoms with E-state index in [-0.39, 0.29) is 18.1 Å². The molecule has 0 saturated carbocycles. The molecule has 1 N–H and O–H groups in total. The second-order valence-electron chi connectivity index (χ2n) is 5.86. The molecule has 1 aliphatic rings. The minimum Gasteiger partial charge on any atom is -0.480 e. The van der Waals surface area contributed by atoms with E-state index in [9.17, 15) is 4.79 Å². The highest BCUT2D eigenvalue weighted by Crippen LogP contribution is 2.31. The Morgan fingerprint density at radius 1 is 1.20 bits per heavy atom. The van der Waals surface area contributed by atoms with Gasteiger partial charge in [0.1, 0.15) is 6.10 Å². The molecule has 0 aliphatic carbocycles. The standard InChI is InChI=1S/C17H23NO2/c1-11(2)13-5-7-14(8-6-13)15-9-10-16(20-15)17(19)18-12(3)4/h5-8,10-12,15H,9H2,1-4H3,(H,18,19). The summed E-state index contributed by atoms with van der Waals surface area (Å²) in [6.07, 6.45) is 2.59. The Labute approximate surface area is 121 Å². The summed E-state index contributed by atoms with van der Waals surface area (Å²) >= 11 is 0. The third-order valence-electron chi connectivity index (χ3n) is 3.41. The van der Waals surface area contributed by atoms with Crippen molar-refractivity contribution >= 4 is 5.91 Å². The summed E-state index contributed by atoms with van der Waals surface area (Å²) in [4.78, 5) is 11.9. The van der Waals surface area contributed by atoms with Gasteiger partial charge in [0, 0.05) is 12.5 Å². The fourth-order valence-electron chi connectivity index (χ4n) is 2.24. The number of rotatable bonds is 4. The van der Waals surface area contributed by atoms with Crippen LogP contribution in [-0.2, 0) is 9.53 Å². The average molecular weight is 273 g/mol. The van der Waals surface area contributed by atoms with Crippen molar-refractivity contribution in [2.24, 2.45) is 0 Å². The summed E-state index contributed by atoms with van der Waals surface area (Å²) in [7, 11) is 0. The van der Waals surface area contributed by atoms with Gasteiger partial charge in [0.05, 0.1) is 0 Å². The number of ether oxygens (including phenoxy) is 1. The van der Waals surface area contributed by atoms with Crippen LogP contribution in [-0.4, -0.2) is 11.9 Å². The van der Waals surface area contributed by atoms with Gasteiger partial charge in [-0.05, 0) is 37.0 Å². The Balaban J connectivity index is 1.99. The lowest BCUT2D eigenvalue weighted by Gasteiger charge is -2.15. The third kappa shape index (κ3) is 3.41. The molecule has 1 aromatic rings. The highest BCUT2D eigenvalue weighted by atomic mass is 16.5. The van der Waals surface area contributed by atoms with Crippen molar-refractivity contribution in [1.29, 1.82) is 0 Å². The van der Waals surface area contributed by atoms with Gasteiger partial charge in [-0.2, -0.15) is 0 Å². The van der Waals surface area contributed by atoms with Crippen molar-refractivity contribution in [2.75, 3.05) is 0 Å². The maximum atomic E-state index is 11.9. The molecule has 1 atom stereocenters. The molecule has 0 radical (unpaired) electrons. The number of hydrogen-bond donors (Lipinski definition) is 1. The van der Waals surface area contributed by atoms with Crippen molar-refractivity contribution < 1.29 is 9.53 Å². The van der Waals surface area contributed by atoms with Gasteiger partial charge < -0.3 is 10.1 Å². The highest BCUT2D eigenvalue weighted by Gasteiger charge is 2.24. The number of nitrogens with one attached hydrogen (secondary N) is 1. The summed E-state index contributed by atoms with van der Waals surface area (Å²) in [5, 5.41) is 2.85. The Morgan fingerprint density at radius 2 is 1.85 bits per heavy atom. The average Bonchev–Trinajstić information content (AvgIpc) is 2.87. The Kier molecular flexibility index (Phi) is 4.48. The highest BCUT2D eigenvalue weighted by molar-refractivity contribution is 5.91. The van der Waals surface area contributed by atoms with E-state index in [1.807, 2.05) is 19.9 Å². The molecule has 0 bridgehead atoms. The quantitative estimate of drug-likeness (QED) is 0.908. The smallest absolute Gasteiger partial charge is 0.286 e. The first-order valence-electron chi connectivity index (χ1n) is 7.25. The maximum absolute atomic E-state index is 11.9. The van der Waals surface area contributed by atoms with Gasteiger partial charge in [-0.15, -0.1) is 0 Å². The van der Waals surface area contributed by atoms with Gasteiger partial charge in [0.25, 0.3) is 5.91 Å². The van der Waals surface area contributed by atoms with Crippen molar-refractivity contribution in [2.45, 2.75) is 52.2 Å². The lowest BCUT2D eigenvalue weighted by molar-refractivity contribution is -0.121. The first-order valence-corrected chi connectivity index (χ1v) is 7.25. The fourth-order valence-corrected chi connectivity index (χ4v) is 2.24. The maximum Gasteiger partial charge on any atom is 0.286 e. The second kappa shape index (κ2) is 6.12. The molecule has 0 aromatic heterocycles. The van der Waals surface area contributed by atoms with E-state index < -0.39 is 0 Å². The zero-order valence-electron chi connectivity index (χ0n) is 12.6. The largest absolute Gasteiger partial charge is 0.480 e. The van der Waals surface area contributed by atoms with E-state index in [1.54, 1.807) is 0 Å². The molecule has 1 amide bonds. The molecule has 0 fully saturated rings. The van der Waals surface area contributed by atoms with Crippen LogP contribution < -0.4 is 5.32 Å². The SMILES string of the molecule is CC(C)NC(=O)C1=CCC(c2ccc(C(C)C)cc2)O1. The minimum absolute atomic E-state index is 0.0378. The van der Waals surface area contributed by atoms with Gasteiger partial charge in [0.2, 0.25) is 0 Å². The molecule has 2 rings (SSSR count). The molecule has 20 heavy (non-hydrogen) atoms. The van der Waals surface area contributed by atoms with Crippen LogP contribution in [0.25, 0.3) is 0 Å². The minimum atomic E-state index is -0.124. The normalized spacial score (nSPS) is 18.1. The Bertz CT molecular complexity index is 500. The topological polar surface area (TPSA) is 38.3 Å². The lowest BCUT2D eigenvalue weighted by atomic mass is 9.99. The number of benzene rings is 1. The van der Waals surface area contributed by atoms with Crippen LogP contribution in [0.5, 0.6) is 0 Å². The predicted octanol–water partition coefficient (Wildman–Crippen LogP) is 3.68. The van der Waals surface area contributed by atoms with E-state index in [0.717, 1.165) is 12.0 Å². The van der Waals surface area contributed by atoms with Gasteiger partial charge in [-0.25, -0.2) is 0 Å². The van der Waals surface area contributed by atoms with E-state index in [4.69, 9.17) is 4.74 Å². The fraction of sp³-hybridized carbons (Fsp3) is 0.471. The summed E-state index contributed by atoms with van der Waals surface area (Å²) in [5.74, 6) is 0.844. The number of hydrogen-bond acceptors (Lipinski definition) is 2. The van der Waals surface area contributed by atoms with Crippen molar-refractivity contribution in [3.8, 4) is 0 Å². The second-order valence-corrected chi connectivity index (χ2v) is 5.86. The third-order valence-corrected chi connectivity index (χ3v) is 3.41. The van der Waals surface area contributed by atoms with Crippen LogP contribution in [0.2, 0.25) is 0 Å². The predicted molar refractivity (Wildman–Crippen MR) is 80.3 cm³/mol. The van der Waals surface area contributed by atoms with Gasteiger partial charge in [0.15, 0.2) is 5.76 Å². The Hall–Kier alpha value is -1.77. The molecule has 1 unspecified atom stereocenters. The van der Waals surface area contributed by atoms with E-state index in [1.165, 1.54) is 5.56 Å². The first-order chi connectivity index (χ1) is 9.47. The van der Waals surface area contributed by atoms with Crippen LogP contribution in [0.4, 0.5) is 0 Å². The molecule has 1 heterocycles. The van der Waals surface area contributed by atoms with Crippen LogP contribution >= 0.6 is 0 Å². The van der Waals surface area contributed by atoms with Gasteiger partial charge >= 0.3 is 0 Å². The van der Waals surface area contributed by atoms with Crippen molar-refractivity contribution in [1.82, 2.24) is 5.32 Å². The molecule has 3 heteroatoms. The van der Waals surface area contributed by atoms with Crippen molar-refractivity contribution in [3.63, 3.8) is 0 Å². The molecule has 108 valence electrons. The summed E-state index contributed by atoms with van der Waals surface area (Å²) in [6, 6.07) is 8.58. The molecule has 0 saturated heterocycles. The molecular weight excluding hydrogens is 250 g/mol. The molecular formula is C17H23NO2. The first kappa shape index (κ1) is 14.6. The monoisotopic (exact) mass is 273 g/mol. The van der Waals surface area contributed by atoms with Gasteiger partial charge in [-0.3, -0.25) is 4.79 Å². The van der Waals surface area contributed by atoms with E-state index >= 15 is 0 Å². The van der Waals surface area contributed by atoms with Crippen LogP contribution in [0, 0.1) is 0 Å². The molecule has 1 aliphatic heterocycles. The zero-order chi connectivity index (χ0) is 14.7. The molecule has 3 nitrogen and oxygen atoms in total.